The van der Waals surface area contributed by atoms with Crippen molar-refractivity contribution < 1.29 is 14.4 Å². The summed E-state index contributed by atoms with van der Waals surface area (Å²) in [4.78, 5) is 24.8. The summed E-state index contributed by atoms with van der Waals surface area (Å²) in [6, 6.07) is 0. The van der Waals surface area contributed by atoms with Crippen LogP contribution in [0, 0.1) is 0 Å². The van der Waals surface area contributed by atoms with Gasteiger partial charge in [-0.15, -0.1) is 0 Å². The number of carbonyl (C=O) groups excluding carboxylic acids is 2. The predicted molar refractivity (Wildman–Crippen MR) is 35.8 cm³/mol. The zero-order valence-electron chi connectivity index (χ0n) is 5.96. The molecule has 0 radical (unpaired) electrons. The third-order valence-corrected chi connectivity index (χ3v) is 0.577. The van der Waals surface area contributed by atoms with Crippen molar-refractivity contribution in [2.45, 2.75) is 13.8 Å². The number of Topliss-reactive ketones (excluding diaryl/α,β-unsaturated/α-hetero) is 2. The number of hydrogen-bond acceptors (Lipinski definition) is 4. The minimum absolute atomic E-state index is 0.0796. The first-order valence-electron chi connectivity index (χ1n) is 2.78. The van der Waals surface area contributed by atoms with Crippen molar-refractivity contribution in [3.8, 4) is 0 Å². The Bertz CT molecular complexity index is 162. The highest BCUT2D eigenvalue weighted by Crippen LogP contribution is 1.75. The monoisotopic (exact) mass is 143 g/mol. The largest absolute Gasteiger partial charge is 0.388 e. The number of rotatable bonds is 4. The lowest BCUT2D eigenvalue weighted by molar-refractivity contribution is -0.121. The van der Waals surface area contributed by atoms with Crippen LogP contribution in [0.25, 0.3) is 0 Å². The SMILES string of the molecule is CC(=O)/C=N/OCC(C)=O. The second kappa shape index (κ2) is 4.67. The van der Waals surface area contributed by atoms with E-state index in [1.54, 1.807) is 0 Å². The maximum Gasteiger partial charge on any atom is 0.174 e. The van der Waals surface area contributed by atoms with Crippen molar-refractivity contribution in [2.75, 3.05) is 6.61 Å². The van der Waals surface area contributed by atoms with E-state index in [1.165, 1.54) is 13.8 Å². The standard InChI is InChI=1S/C6H9NO3/c1-5(8)3-7-10-4-6(2)9/h3H,4H2,1-2H3/b7-3+. The summed E-state index contributed by atoms with van der Waals surface area (Å²) in [6.45, 7) is 2.65. The molecule has 0 rings (SSSR count). The highest BCUT2D eigenvalue weighted by Gasteiger charge is 1.89. The van der Waals surface area contributed by atoms with Crippen molar-refractivity contribution in [3.05, 3.63) is 0 Å². The molecule has 0 aliphatic carbocycles. The van der Waals surface area contributed by atoms with Crippen LogP contribution in [0.2, 0.25) is 0 Å². The molecule has 0 amide bonds. The van der Waals surface area contributed by atoms with Crippen LogP contribution in [-0.4, -0.2) is 24.4 Å². The van der Waals surface area contributed by atoms with Gasteiger partial charge in [0.25, 0.3) is 0 Å². The lowest BCUT2D eigenvalue weighted by Gasteiger charge is -1.90. The van der Waals surface area contributed by atoms with E-state index in [0.29, 0.717) is 0 Å². The Labute approximate surface area is 58.8 Å². The molecule has 0 heterocycles. The van der Waals surface area contributed by atoms with Gasteiger partial charge < -0.3 is 4.84 Å². The van der Waals surface area contributed by atoms with E-state index in [-0.39, 0.29) is 18.2 Å². The van der Waals surface area contributed by atoms with Crippen molar-refractivity contribution in [1.29, 1.82) is 0 Å². The van der Waals surface area contributed by atoms with E-state index >= 15 is 0 Å². The second-order valence-corrected chi connectivity index (χ2v) is 1.82. The molecule has 0 N–H and O–H groups in total. The number of nitrogens with zero attached hydrogens (tertiary/aromatic N) is 1. The van der Waals surface area contributed by atoms with Crippen LogP contribution in [0.4, 0.5) is 0 Å². The molecular formula is C6H9NO3. The zero-order chi connectivity index (χ0) is 7.98. The first-order valence-corrected chi connectivity index (χ1v) is 2.78. The average Bonchev–Trinajstić information content (AvgIpc) is 1.79. The summed E-state index contributed by atoms with van der Waals surface area (Å²) >= 11 is 0. The van der Waals surface area contributed by atoms with E-state index in [0.717, 1.165) is 6.21 Å². The van der Waals surface area contributed by atoms with Crippen LogP contribution >= 0.6 is 0 Å². The summed E-state index contributed by atoms with van der Waals surface area (Å²) in [6.07, 6.45) is 1.02. The number of carbonyl (C=O) groups is 2. The Kier molecular flexibility index (Phi) is 4.11. The van der Waals surface area contributed by atoms with Gasteiger partial charge in [-0.05, 0) is 6.92 Å². The molecule has 0 aromatic carbocycles. The molecule has 0 aromatic heterocycles. The van der Waals surface area contributed by atoms with Crippen LogP contribution in [0.3, 0.4) is 0 Å². The van der Waals surface area contributed by atoms with E-state index in [2.05, 4.69) is 9.99 Å². The third kappa shape index (κ3) is 6.81. The van der Waals surface area contributed by atoms with Gasteiger partial charge in [0.05, 0.1) is 0 Å². The molecule has 4 heteroatoms. The molecular weight excluding hydrogens is 134 g/mol. The molecule has 4 nitrogen and oxygen atoms in total. The first-order chi connectivity index (χ1) is 4.63. The summed E-state index contributed by atoms with van der Waals surface area (Å²) in [5.74, 6) is -0.329. The summed E-state index contributed by atoms with van der Waals surface area (Å²) in [5.41, 5.74) is 0. The summed E-state index contributed by atoms with van der Waals surface area (Å²) in [7, 11) is 0. The number of oxime groups is 1. The number of ketones is 2. The Balaban J connectivity index is 3.36. The van der Waals surface area contributed by atoms with E-state index < -0.39 is 0 Å². The molecule has 56 valence electrons. The zero-order valence-corrected chi connectivity index (χ0v) is 5.96. The molecule has 0 atom stereocenters. The van der Waals surface area contributed by atoms with E-state index in [1.807, 2.05) is 0 Å². The van der Waals surface area contributed by atoms with Gasteiger partial charge in [-0.1, -0.05) is 5.16 Å². The van der Waals surface area contributed by atoms with Crippen LogP contribution < -0.4 is 0 Å². The molecule has 0 bridgehead atoms. The Morgan fingerprint density at radius 1 is 1.50 bits per heavy atom. The molecule has 0 saturated heterocycles. The Morgan fingerprint density at radius 2 is 2.10 bits per heavy atom. The maximum absolute atomic E-state index is 10.2. The molecule has 0 aliphatic rings. The second-order valence-electron chi connectivity index (χ2n) is 1.82. The Morgan fingerprint density at radius 3 is 2.50 bits per heavy atom. The van der Waals surface area contributed by atoms with Gasteiger partial charge in [0.2, 0.25) is 0 Å². The van der Waals surface area contributed by atoms with Gasteiger partial charge in [-0.3, -0.25) is 9.59 Å². The summed E-state index contributed by atoms with van der Waals surface area (Å²) in [5, 5.41) is 3.22. The topological polar surface area (TPSA) is 55.7 Å². The smallest absolute Gasteiger partial charge is 0.174 e. The fraction of sp³-hybridized carbons (Fsp3) is 0.500. The van der Waals surface area contributed by atoms with Gasteiger partial charge in [0.15, 0.2) is 18.2 Å². The lowest BCUT2D eigenvalue weighted by atomic mass is 10.5. The van der Waals surface area contributed by atoms with Crippen LogP contribution in [-0.2, 0) is 14.4 Å². The predicted octanol–water partition coefficient (Wildman–Crippen LogP) is 0.167. The highest BCUT2D eigenvalue weighted by atomic mass is 16.6. The fourth-order valence-corrected chi connectivity index (χ4v) is 0.240. The molecule has 0 spiro atoms. The molecule has 0 aliphatic heterocycles. The minimum atomic E-state index is -0.205. The van der Waals surface area contributed by atoms with Gasteiger partial charge in [0.1, 0.15) is 6.21 Å². The van der Waals surface area contributed by atoms with Crippen molar-refractivity contribution in [3.63, 3.8) is 0 Å². The fourth-order valence-electron chi connectivity index (χ4n) is 0.240. The minimum Gasteiger partial charge on any atom is -0.388 e. The van der Waals surface area contributed by atoms with E-state index in [9.17, 15) is 9.59 Å². The lowest BCUT2D eigenvalue weighted by Crippen LogP contribution is -2.00. The normalized spacial score (nSPS) is 9.80. The molecule has 0 aromatic rings. The highest BCUT2D eigenvalue weighted by molar-refractivity contribution is 6.26. The van der Waals surface area contributed by atoms with Crippen molar-refractivity contribution >= 4 is 17.8 Å². The van der Waals surface area contributed by atoms with Gasteiger partial charge >= 0.3 is 0 Å². The third-order valence-electron chi connectivity index (χ3n) is 0.577. The van der Waals surface area contributed by atoms with Gasteiger partial charge in [0, 0.05) is 6.92 Å². The quantitative estimate of drug-likeness (QED) is 0.416. The average molecular weight is 143 g/mol. The first kappa shape index (κ1) is 8.81. The molecule has 0 saturated carbocycles. The Hall–Kier alpha value is -1.19. The maximum atomic E-state index is 10.2. The van der Waals surface area contributed by atoms with E-state index in [4.69, 9.17) is 0 Å². The van der Waals surface area contributed by atoms with Crippen molar-refractivity contribution in [1.82, 2.24) is 0 Å². The van der Waals surface area contributed by atoms with Crippen LogP contribution in [0.5, 0.6) is 0 Å². The van der Waals surface area contributed by atoms with Gasteiger partial charge in [-0.25, -0.2) is 0 Å². The number of hydrogen-bond donors (Lipinski definition) is 0. The summed E-state index contributed by atoms with van der Waals surface area (Å²) < 4.78 is 0. The molecule has 10 heavy (non-hydrogen) atoms. The van der Waals surface area contributed by atoms with Crippen LogP contribution in [0.1, 0.15) is 13.8 Å². The van der Waals surface area contributed by atoms with Gasteiger partial charge in [-0.2, -0.15) is 0 Å². The van der Waals surface area contributed by atoms with Crippen LogP contribution in [0.15, 0.2) is 5.16 Å². The molecule has 0 fully saturated rings. The molecule has 0 unspecified atom stereocenters. The van der Waals surface area contributed by atoms with Crippen molar-refractivity contribution in [2.24, 2.45) is 5.16 Å².